The summed E-state index contributed by atoms with van der Waals surface area (Å²) in [5.74, 6) is 0.247. The van der Waals surface area contributed by atoms with Crippen molar-refractivity contribution in [3.8, 4) is 17.2 Å². The summed E-state index contributed by atoms with van der Waals surface area (Å²) in [5, 5.41) is 9.44. The first-order valence-corrected chi connectivity index (χ1v) is 4.82. The van der Waals surface area contributed by atoms with E-state index in [1.165, 1.54) is 13.2 Å². The van der Waals surface area contributed by atoms with Gasteiger partial charge in [-0.25, -0.2) is 4.79 Å². The van der Waals surface area contributed by atoms with E-state index in [9.17, 15) is 9.90 Å². The van der Waals surface area contributed by atoms with Gasteiger partial charge < -0.3 is 19.3 Å². The Morgan fingerprint density at radius 3 is 2.75 bits per heavy atom. The number of esters is 1. The van der Waals surface area contributed by atoms with Crippen molar-refractivity contribution in [2.24, 2.45) is 0 Å². The van der Waals surface area contributed by atoms with Crippen LogP contribution >= 0.6 is 0 Å². The fourth-order valence-electron chi connectivity index (χ4n) is 1.10. The maximum atomic E-state index is 11.0. The summed E-state index contributed by atoms with van der Waals surface area (Å²) in [6.07, 6.45) is 0. The van der Waals surface area contributed by atoms with E-state index in [-0.39, 0.29) is 12.4 Å². The van der Waals surface area contributed by atoms with Crippen molar-refractivity contribution in [2.75, 3.05) is 20.3 Å². The quantitative estimate of drug-likeness (QED) is 0.767. The minimum atomic E-state index is -0.446. The number of rotatable bonds is 5. The minimum Gasteiger partial charge on any atom is -0.504 e. The predicted octanol–water partition coefficient (Wildman–Crippen LogP) is 1.34. The minimum absolute atomic E-state index is 0.0381. The van der Waals surface area contributed by atoms with Gasteiger partial charge in [0.2, 0.25) is 0 Å². The number of benzene rings is 1. The van der Waals surface area contributed by atoms with Gasteiger partial charge in [-0.15, -0.1) is 0 Å². The van der Waals surface area contributed by atoms with E-state index in [1.807, 2.05) is 0 Å². The molecule has 1 aromatic rings. The summed E-state index contributed by atoms with van der Waals surface area (Å²) in [4.78, 5) is 11.0. The molecule has 88 valence electrons. The average molecular weight is 226 g/mol. The van der Waals surface area contributed by atoms with Crippen molar-refractivity contribution >= 4 is 5.97 Å². The number of hydrogen-bond donors (Lipinski definition) is 1. The van der Waals surface area contributed by atoms with Crippen molar-refractivity contribution in [1.29, 1.82) is 0 Å². The third-order valence-electron chi connectivity index (χ3n) is 1.81. The summed E-state index contributed by atoms with van der Waals surface area (Å²) in [5.41, 5.74) is 0. The summed E-state index contributed by atoms with van der Waals surface area (Å²) in [6.45, 7) is 1.85. The lowest BCUT2D eigenvalue weighted by Crippen LogP contribution is -2.14. The second kappa shape index (κ2) is 5.85. The monoisotopic (exact) mass is 226 g/mol. The van der Waals surface area contributed by atoms with Gasteiger partial charge in [0.05, 0.1) is 13.7 Å². The van der Waals surface area contributed by atoms with Crippen molar-refractivity contribution in [2.45, 2.75) is 6.92 Å². The first-order valence-electron chi connectivity index (χ1n) is 4.82. The third-order valence-corrected chi connectivity index (χ3v) is 1.81. The fourth-order valence-corrected chi connectivity index (χ4v) is 1.10. The maximum absolute atomic E-state index is 11.0. The van der Waals surface area contributed by atoms with Crippen molar-refractivity contribution < 1.29 is 24.1 Å². The molecular weight excluding hydrogens is 212 g/mol. The second-order valence-corrected chi connectivity index (χ2v) is 2.93. The number of carbonyl (C=O) groups excluding carboxylic acids is 1. The number of phenols is 1. The van der Waals surface area contributed by atoms with Crippen LogP contribution in [0.5, 0.6) is 17.2 Å². The van der Waals surface area contributed by atoms with E-state index in [4.69, 9.17) is 9.47 Å². The SMILES string of the molecule is CCOC(=O)COc1ccc(OC)c(O)c1. The molecule has 1 aromatic carbocycles. The molecule has 0 aliphatic rings. The first kappa shape index (κ1) is 12.2. The summed E-state index contributed by atoms with van der Waals surface area (Å²) in [6, 6.07) is 4.52. The number of aromatic hydroxyl groups is 1. The molecule has 0 aliphatic carbocycles. The Morgan fingerprint density at radius 2 is 2.19 bits per heavy atom. The van der Waals surface area contributed by atoms with Gasteiger partial charge in [0.1, 0.15) is 5.75 Å². The standard InChI is InChI=1S/C11H14O5/c1-3-15-11(13)7-16-8-4-5-10(14-2)9(12)6-8/h4-6,12H,3,7H2,1-2H3. The van der Waals surface area contributed by atoms with Crippen LogP contribution in [0.15, 0.2) is 18.2 Å². The zero-order valence-corrected chi connectivity index (χ0v) is 9.23. The molecule has 1 N–H and O–H groups in total. The highest BCUT2D eigenvalue weighted by molar-refractivity contribution is 5.71. The number of methoxy groups -OCH3 is 1. The van der Waals surface area contributed by atoms with E-state index >= 15 is 0 Å². The highest BCUT2D eigenvalue weighted by Crippen LogP contribution is 2.29. The van der Waals surface area contributed by atoms with E-state index in [0.29, 0.717) is 18.1 Å². The highest BCUT2D eigenvalue weighted by Gasteiger charge is 2.06. The summed E-state index contributed by atoms with van der Waals surface area (Å²) < 4.78 is 14.7. The van der Waals surface area contributed by atoms with Gasteiger partial charge in [-0.1, -0.05) is 0 Å². The Hall–Kier alpha value is -1.91. The molecule has 0 saturated heterocycles. The average Bonchev–Trinajstić information content (AvgIpc) is 2.27. The van der Waals surface area contributed by atoms with Crippen LogP contribution in [0.25, 0.3) is 0 Å². The van der Waals surface area contributed by atoms with Gasteiger partial charge in [0.25, 0.3) is 0 Å². The van der Waals surface area contributed by atoms with Crippen LogP contribution in [0.2, 0.25) is 0 Å². The Balaban J connectivity index is 2.55. The molecule has 0 unspecified atom stereocenters. The Morgan fingerprint density at radius 1 is 1.44 bits per heavy atom. The van der Waals surface area contributed by atoms with Crippen molar-refractivity contribution in [3.05, 3.63) is 18.2 Å². The van der Waals surface area contributed by atoms with Gasteiger partial charge in [-0.2, -0.15) is 0 Å². The molecule has 0 atom stereocenters. The fraction of sp³-hybridized carbons (Fsp3) is 0.364. The molecule has 0 saturated carbocycles. The molecule has 0 amide bonds. The van der Waals surface area contributed by atoms with Crippen LogP contribution < -0.4 is 9.47 Å². The normalized spacial score (nSPS) is 9.62. The van der Waals surface area contributed by atoms with Crippen LogP contribution in [0.3, 0.4) is 0 Å². The maximum Gasteiger partial charge on any atom is 0.344 e. The third kappa shape index (κ3) is 3.34. The molecule has 0 radical (unpaired) electrons. The van der Waals surface area contributed by atoms with Crippen LogP contribution in [0.1, 0.15) is 6.92 Å². The molecule has 16 heavy (non-hydrogen) atoms. The Bertz CT molecular complexity index is 361. The lowest BCUT2D eigenvalue weighted by molar-refractivity contribution is -0.145. The molecule has 1 rings (SSSR count). The number of hydrogen-bond acceptors (Lipinski definition) is 5. The Kier molecular flexibility index (Phi) is 4.44. The first-order chi connectivity index (χ1) is 7.67. The zero-order valence-electron chi connectivity index (χ0n) is 9.23. The highest BCUT2D eigenvalue weighted by atomic mass is 16.6. The van der Waals surface area contributed by atoms with Crippen molar-refractivity contribution in [3.63, 3.8) is 0 Å². The molecular formula is C11H14O5. The van der Waals surface area contributed by atoms with Crippen LogP contribution in [0.4, 0.5) is 0 Å². The topological polar surface area (TPSA) is 65.0 Å². The van der Waals surface area contributed by atoms with Crippen LogP contribution in [-0.2, 0) is 9.53 Å². The van der Waals surface area contributed by atoms with E-state index in [2.05, 4.69) is 4.74 Å². The molecule has 5 heteroatoms. The van der Waals surface area contributed by atoms with Crippen molar-refractivity contribution in [1.82, 2.24) is 0 Å². The number of phenolic OH excluding ortho intramolecular Hbond substituents is 1. The second-order valence-electron chi connectivity index (χ2n) is 2.93. The Labute approximate surface area is 93.6 Å². The molecule has 0 aromatic heterocycles. The molecule has 0 heterocycles. The smallest absolute Gasteiger partial charge is 0.344 e. The number of ether oxygens (including phenoxy) is 3. The molecule has 0 fully saturated rings. The lowest BCUT2D eigenvalue weighted by atomic mass is 10.3. The van der Waals surface area contributed by atoms with Crippen LogP contribution in [-0.4, -0.2) is 31.4 Å². The van der Waals surface area contributed by atoms with Gasteiger partial charge in [0, 0.05) is 6.07 Å². The van der Waals surface area contributed by atoms with Gasteiger partial charge in [-0.3, -0.25) is 0 Å². The van der Waals surface area contributed by atoms with E-state index < -0.39 is 5.97 Å². The van der Waals surface area contributed by atoms with Gasteiger partial charge in [0.15, 0.2) is 18.1 Å². The summed E-state index contributed by atoms with van der Waals surface area (Å²) in [7, 11) is 1.45. The molecule has 0 aliphatic heterocycles. The number of carbonyl (C=O) groups is 1. The zero-order chi connectivity index (χ0) is 12.0. The van der Waals surface area contributed by atoms with E-state index in [1.54, 1.807) is 19.1 Å². The summed E-state index contributed by atoms with van der Waals surface area (Å²) >= 11 is 0. The largest absolute Gasteiger partial charge is 0.504 e. The predicted molar refractivity (Wildman–Crippen MR) is 56.8 cm³/mol. The van der Waals surface area contributed by atoms with Gasteiger partial charge >= 0.3 is 5.97 Å². The molecule has 0 bridgehead atoms. The van der Waals surface area contributed by atoms with E-state index in [0.717, 1.165) is 0 Å². The van der Waals surface area contributed by atoms with Crippen LogP contribution in [0, 0.1) is 0 Å². The lowest BCUT2D eigenvalue weighted by Gasteiger charge is -2.07. The molecule has 0 spiro atoms. The van der Waals surface area contributed by atoms with Gasteiger partial charge in [-0.05, 0) is 19.1 Å². The molecule has 5 nitrogen and oxygen atoms in total.